The van der Waals surface area contributed by atoms with E-state index in [0.29, 0.717) is 0 Å². The van der Waals surface area contributed by atoms with E-state index in [-0.39, 0.29) is 29.9 Å². The normalized spacial score (nSPS) is 14.2. The molecule has 3 heteroatoms. The predicted octanol–water partition coefficient (Wildman–Crippen LogP) is 2.91. The molecule has 2 atom stereocenters. The van der Waals surface area contributed by atoms with Crippen molar-refractivity contribution in [1.82, 2.24) is 5.32 Å². The van der Waals surface area contributed by atoms with Gasteiger partial charge in [-0.2, -0.15) is 0 Å². The quantitative estimate of drug-likeness (QED) is 0.821. The lowest BCUT2D eigenvalue weighted by Crippen LogP contribution is -2.39. The van der Waals surface area contributed by atoms with Crippen LogP contribution < -0.4 is 5.32 Å². The second-order valence-corrected chi connectivity index (χ2v) is 5.29. The van der Waals surface area contributed by atoms with Gasteiger partial charge in [-0.1, -0.05) is 44.2 Å². The molecule has 0 bridgehead atoms. The Hall–Kier alpha value is -1.48. The summed E-state index contributed by atoms with van der Waals surface area (Å²) in [6.07, 6.45) is 0.268. The van der Waals surface area contributed by atoms with Crippen LogP contribution in [-0.2, 0) is 9.59 Å². The SMILES string of the molecule is CC(=O)C(CC(=O)C(C)C)NC(C)c1ccccc1. The number of Topliss-reactive ketones (excluding diaryl/α,β-unsaturated/α-hetero) is 2. The highest BCUT2D eigenvalue weighted by Crippen LogP contribution is 2.14. The summed E-state index contributed by atoms with van der Waals surface area (Å²) in [7, 11) is 0. The lowest BCUT2D eigenvalue weighted by atomic mass is 9.98. The molecule has 2 unspecified atom stereocenters. The number of ketones is 2. The van der Waals surface area contributed by atoms with Crippen LogP contribution in [-0.4, -0.2) is 17.6 Å². The van der Waals surface area contributed by atoms with Gasteiger partial charge in [-0.05, 0) is 19.4 Å². The van der Waals surface area contributed by atoms with Crippen LogP contribution in [0.4, 0.5) is 0 Å². The zero-order valence-corrected chi connectivity index (χ0v) is 12.1. The largest absolute Gasteiger partial charge is 0.300 e. The summed E-state index contributed by atoms with van der Waals surface area (Å²) in [4.78, 5) is 23.4. The van der Waals surface area contributed by atoms with Gasteiger partial charge in [0.1, 0.15) is 11.6 Å². The average molecular weight is 261 g/mol. The van der Waals surface area contributed by atoms with Crippen LogP contribution in [0.2, 0.25) is 0 Å². The van der Waals surface area contributed by atoms with Crippen LogP contribution in [0.3, 0.4) is 0 Å². The lowest BCUT2D eigenvalue weighted by Gasteiger charge is -2.22. The van der Waals surface area contributed by atoms with Gasteiger partial charge < -0.3 is 5.32 Å². The highest BCUT2D eigenvalue weighted by Gasteiger charge is 2.22. The summed E-state index contributed by atoms with van der Waals surface area (Å²) in [5.74, 6) is 0.0976. The molecule has 1 aromatic rings. The van der Waals surface area contributed by atoms with Gasteiger partial charge in [-0.3, -0.25) is 9.59 Å². The maximum Gasteiger partial charge on any atom is 0.147 e. The molecule has 0 aliphatic heterocycles. The molecule has 0 fully saturated rings. The molecule has 0 spiro atoms. The van der Waals surface area contributed by atoms with E-state index in [1.807, 2.05) is 51.1 Å². The summed E-state index contributed by atoms with van der Waals surface area (Å²) in [6, 6.07) is 9.57. The zero-order valence-electron chi connectivity index (χ0n) is 12.1. The minimum Gasteiger partial charge on any atom is -0.300 e. The first-order chi connectivity index (χ1) is 8.91. The smallest absolute Gasteiger partial charge is 0.147 e. The highest BCUT2D eigenvalue weighted by molar-refractivity contribution is 5.89. The summed E-state index contributed by atoms with van der Waals surface area (Å²) in [5.41, 5.74) is 1.12. The lowest BCUT2D eigenvalue weighted by molar-refractivity contribution is -0.126. The fourth-order valence-electron chi connectivity index (χ4n) is 1.90. The van der Waals surface area contributed by atoms with Gasteiger partial charge in [0.25, 0.3) is 0 Å². The third-order valence-electron chi connectivity index (χ3n) is 3.29. The Labute approximate surface area is 115 Å². The Balaban J connectivity index is 2.69. The molecule has 0 heterocycles. The summed E-state index contributed by atoms with van der Waals surface area (Å²) in [6.45, 7) is 7.26. The molecule has 104 valence electrons. The fraction of sp³-hybridized carbons (Fsp3) is 0.500. The Kier molecular flexibility index (Phi) is 5.90. The van der Waals surface area contributed by atoms with E-state index in [1.54, 1.807) is 0 Å². The number of hydrogen-bond acceptors (Lipinski definition) is 3. The van der Waals surface area contributed by atoms with E-state index in [9.17, 15) is 9.59 Å². The van der Waals surface area contributed by atoms with Crippen LogP contribution in [0.25, 0.3) is 0 Å². The predicted molar refractivity (Wildman–Crippen MR) is 76.9 cm³/mol. The van der Waals surface area contributed by atoms with E-state index in [2.05, 4.69) is 5.32 Å². The van der Waals surface area contributed by atoms with Gasteiger partial charge in [0.15, 0.2) is 0 Å². The van der Waals surface area contributed by atoms with Gasteiger partial charge >= 0.3 is 0 Å². The van der Waals surface area contributed by atoms with E-state index < -0.39 is 6.04 Å². The molecule has 1 N–H and O–H groups in total. The Morgan fingerprint density at radius 3 is 2.16 bits per heavy atom. The van der Waals surface area contributed by atoms with Gasteiger partial charge in [0.05, 0.1) is 6.04 Å². The third kappa shape index (κ3) is 4.95. The molecule has 19 heavy (non-hydrogen) atoms. The van der Waals surface area contributed by atoms with Crippen LogP contribution >= 0.6 is 0 Å². The number of rotatable bonds is 7. The molecule has 0 saturated carbocycles. The Bertz CT molecular complexity index is 426. The maximum absolute atomic E-state index is 11.8. The topological polar surface area (TPSA) is 46.2 Å². The van der Waals surface area contributed by atoms with Gasteiger partial charge in [0, 0.05) is 18.4 Å². The van der Waals surface area contributed by atoms with Crippen LogP contribution in [0.1, 0.15) is 45.7 Å². The fourth-order valence-corrected chi connectivity index (χ4v) is 1.90. The minimum absolute atomic E-state index is 0.0109. The molecule has 0 aliphatic rings. The van der Waals surface area contributed by atoms with Crippen molar-refractivity contribution in [3.8, 4) is 0 Å². The molecular formula is C16H23NO2. The molecule has 0 radical (unpaired) electrons. The van der Waals surface area contributed by atoms with Crippen molar-refractivity contribution in [3.05, 3.63) is 35.9 Å². The average Bonchev–Trinajstić information content (AvgIpc) is 2.38. The van der Waals surface area contributed by atoms with E-state index in [1.165, 1.54) is 6.92 Å². The number of nitrogens with one attached hydrogen (secondary N) is 1. The van der Waals surface area contributed by atoms with Crippen LogP contribution in [0, 0.1) is 5.92 Å². The van der Waals surface area contributed by atoms with Gasteiger partial charge in [-0.25, -0.2) is 0 Å². The summed E-state index contributed by atoms with van der Waals surface area (Å²) in [5, 5.41) is 3.25. The first-order valence-corrected chi connectivity index (χ1v) is 6.76. The summed E-state index contributed by atoms with van der Waals surface area (Å²) >= 11 is 0. The van der Waals surface area contributed by atoms with E-state index in [4.69, 9.17) is 0 Å². The molecule has 1 aromatic carbocycles. The third-order valence-corrected chi connectivity index (χ3v) is 3.29. The maximum atomic E-state index is 11.8. The van der Waals surface area contributed by atoms with E-state index in [0.717, 1.165) is 5.56 Å². The van der Waals surface area contributed by atoms with E-state index >= 15 is 0 Å². The van der Waals surface area contributed by atoms with Crippen LogP contribution in [0.15, 0.2) is 30.3 Å². The van der Waals surface area contributed by atoms with Crippen molar-refractivity contribution >= 4 is 11.6 Å². The van der Waals surface area contributed by atoms with Crippen molar-refractivity contribution in [2.45, 2.75) is 46.2 Å². The molecule has 0 saturated heterocycles. The molecule has 0 aliphatic carbocycles. The van der Waals surface area contributed by atoms with Crippen molar-refractivity contribution in [3.63, 3.8) is 0 Å². The number of hydrogen-bond donors (Lipinski definition) is 1. The Morgan fingerprint density at radius 1 is 1.11 bits per heavy atom. The van der Waals surface area contributed by atoms with Crippen molar-refractivity contribution in [2.24, 2.45) is 5.92 Å². The second-order valence-electron chi connectivity index (χ2n) is 5.29. The monoisotopic (exact) mass is 261 g/mol. The number of benzene rings is 1. The second kappa shape index (κ2) is 7.19. The summed E-state index contributed by atoms with van der Waals surface area (Å²) < 4.78 is 0. The standard InChI is InChI=1S/C16H23NO2/c1-11(2)16(19)10-15(13(4)18)17-12(3)14-8-6-5-7-9-14/h5-9,11-12,15,17H,10H2,1-4H3. The number of carbonyl (C=O) groups is 2. The zero-order chi connectivity index (χ0) is 14.4. The minimum atomic E-state index is -0.398. The first kappa shape index (κ1) is 15.6. The van der Waals surface area contributed by atoms with Crippen molar-refractivity contribution < 1.29 is 9.59 Å². The first-order valence-electron chi connectivity index (χ1n) is 6.76. The molecular weight excluding hydrogens is 238 g/mol. The Morgan fingerprint density at radius 2 is 1.68 bits per heavy atom. The van der Waals surface area contributed by atoms with Crippen LogP contribution in [0.5, 0.6) is 0 Å². The van der Waals surface area contributed by atoms with Gasteiger partial charge in [-0.15, -0.1) is 0 Å². The van der Waals surface area contributed by atoms with Crippen molar-refractivity contribution in [2.75, 3.05) is 0 Å². The molecule has 0 aromatic heterocycles. The highest BCUT2D eigenvalue weighted by atomic mass is 16.1. The van der Waals surface area contributed by atoms with Crippen molar-refractivity contribution in [1.29, 1.82) is 0 Å². The molecule has 1 rings (SSSR count). The molecule has 3 nitrogen and oxygen atoms in total. The molecule has 0 amide bonds. The van der Waals surface area contributed by atoms with Gasteiger partial charge in [0.2, 0.25) is 0 Å². The number of carbonyl (C=O) groups excluding carboxylic acids is 2.